The van der Waals surface area contributed by atoms with E-state index in [2.05, 4.69) is 4.98 Å². The summed E-state index contributed by atoms with van der Waals surface area (Å²) in [6, 6.07) is 9.28. The number of hydrogen-bond acceptors (Lipinski definition) is 4. The summed E-state index contributed by atoms with van der Waals surface area (Å²) >= 11 is 0. The van der Waals surface area contributed by atoms with E-state index in [9.17, 15) is 13.2 Å². The summed E-state index contributed by atoms with van der Waals surface area (Å²) in [5.41, 5.74) is 1.81. The number of carbonyl (C=O) groups is 1. The number of aromatic nitrogens is 1. The highest BCUT2D eigenvalue weighted by atomic mass is 32.2. The molecule has 2 aromatic rings. The Balaban J connectivity index is 2.08. The standard InChI is InChI=1S/C16H16N2O4S/c1-10-13-5-3-4-6-14(13)11(2)18(10)23(21,22)15-9-12(16(19)20)7-8-17-15/h3-11H,1-2H3,(H,19,20)/t10-,11-/m0/s1. The molecule has 1 aliphatic heterocycles. The van der Waals surface area contributed by atoms with Gasteiger partial charge in [-0.25, -0.2) is 18.2 Å². The molecule has 0 unspecified atom stereocenters. The van der Waals surface area contributed by atoms with Crippen molar-refractivity contribution in [2.24, 2.45) is 0 Å². The van der Waals surface area contributed by atoms with Gasteiger partial charge in [-0.3, -0.25) is 0 Å². The Hall–Kier alpha value is -2.25. The fraction of sp³-hybridized carbons (Fsp3) is 0.250. The first-order valence-corrected chi connectivity index (χ1v) is 8.59. The van der Waals surface area contributed by atoms with Crippen LogP contribution in [0.4, 0.5) is 0 Å². The Morgan fingerprint density at radius 2 is 1.70 bits per heavy atom. The number of benzene rings is 1. The van der Waals surface area contributed by atoms with Crippen LogP contribution in [0, 0.1) is 0 Å². The van der Waals surface area contributed by atoms with Crippen LogP contribution in [0.1, 0.15) is 47.4 Å². The Morgan fingerprint density at radius 1 is 1.13 bits per heavy atom. The van der Waals surface area contributed by atoms with E-state index in [0.717, 1.165) is 17.2 Å². The number of nitrogens with zero attached hydrogens (tertiary/aromatic N) is 2. The van der Waals surface area contributed by atoms with Gasteiger partial charge in [-0.1, -0.05) is 24.3 Å². The van der Waals surface area contributed by atoms with Crippen molar-refractivity contribution < 1.29 is 18.3 Å². The van der Waals surface area contributed by atoms with Crippen molar-refractivity contribution in [3.05, 3.63) is 59.3 Å². The van der Waals surface area contributed by atoms with Crippen LogP contribution in [-0.2, 0) is 10.0 Å². The molecule has 1 aromatic heterocycles. The fourth-order valence-electron chi connectivity index (χ4n) is 3.09. The summed E-state index contributed by atoms with van der Waals surface area (Å²) in [4.78, 5) is 14.9. The molecule has 2 atom stereocenters. The van der Waals surface area contributed by atoms with E-state index in [1.165, 1.54) is 16.6 Å². The van der Waals surface area contributed by atoms with Gasteiger partial charge in [0.15, 0.2) is 5.03 Å². The molecule has 2 heterocycles. The van der Waals surface area contributed by atoms with Crippen LogP contribution in [0.2, 0.25) is 0 Å². The molecule has 1 aromatic carbocycles. The fourth-order valence-corrected chi connectivity index (χ4v) is 4.83. The maximum atomic E-state index is 13.0. The molecule has 120 valence electrons. The van der Waals surface area contributed by atoms with Crippen LogP contribution in [0.3, 0.4) is 0 Å². The lowest BCUT2D eigenvalue weighted by molar-refractivity contribution is 0.0696. The van der Waals surface area contributed by atoms with Gasteiger partial charge < -0.3 is 5.11 Å². The van der Waals surface area contributed by atoms with Crippen LogP contribution < -0.4 is 0 Å². The molecular formula is C16H16N2O4S. The minimum atomic E-state index is -3.90. The zero-order chi connectivity index (χ0) is 16.8. The predicted molar refractivity (Wildman–Crippen MR) is 83.5 cm³/mol. The van der Waals surface area contributed by atoms with Crippen molar-refractivity contribution in [3.8, 4) is 0 Å². The lowest BCUT2D eigenvalue weighted by Crippen LogP contribution is -2.31. The van der Waals surface area contributed by atoms with Crippen molar-refractivity contribution in [2.45, 2.75) is 31.0 Å². The summed E-state index contributed by atoms with van der Waals surface area (Å²) in [6.07, 6.45) is 1.20. The number of carboxylic acids is 1. The van der Waals surface area contributed by atoms with Gasteiger partial charge in [0.25, 0.3) is 10.0 Å². The number of fused-ring (bicyclic) bond motifs is 1. The average molecular weight is 332 g/mol. The number of rotatable bonds is 3. The molecule has 3 rings (SSSR count). The second kappa shape index (κ2) is 5.43. The van der Waals surface area contributed by atoms with E-state index in [1.807, 2.05) is 38.1 Å². The monoisotopic (exact) mass is 332 g/mol. The first kappa shape index (κ1) is 15.6. The van der Waals surface area contributed by atoms with Crippen LogP contribution in [-0.4, -0.2) is 28.8 Å². The van der Waals surface area contributed by atoms with Gasteiger partial charge in [-0.05, 0) is 37.1 Å². The van der Waals surface area contributed by atoms with Crippen molar-refractivity contribution in [1.29, 1.82) is 0 Å². The first-order chi connectivity index (χ1) is 10.8. The number of sulfonamides is 1. The van der Waals surface area contributed by atoms with E-state index >= 15 is 0 Å². The molecule has 0 bridgehead atoms. The highest BCUT2D eigenvalue weighted by molar-refractivity contribution is 7.89. The molecule has 1 aliphatic rings. The van der Waals surface area contributed by atoms with Crippen LogP contribution in [0.5, 0.6) is 0 Å². The third kappa shape index (κ3) is 2.42. The second-order valence-electron chi connectivity index (χ2n) is 5.50. The Kier molecular flexibility index (Phi) is 3.69. The van der Waals surface area contributed by atoms with Crippen molar-refractivity contribution in [2.75, 3.05) is 0 Å². The van der Waals surface area contributed by atoms with Gasteiger partial charge in [0.2, 0.25) is 0 Å². The summed E-state index contributed by atoms with van der Waals surface area (Å²) in [7, 11) is -3.90. The number of aromatic carboxylic acids is 1. The molecule has 0 aliphatic carbocycles. The largest absolute Gasteiger partial charge is 0.478 e. The maximum Gasteiger partial charge on any atom is 0.335 e. The van der Waals surface area contributed by atoms with Gasteiger partial charge in [0.1, 0.15) is 0 Å². The van der Waals surface area contributed by atoms with Crippen molar-refractivity contribution in [1.82, 2.24) is 9.29 Å². The quantitative estimate of drug-likeness (QED) is 0.933. The van der Waals surface area contributed by atoms with Crippen LogP contribution in [0.15, 0.2) is 47.6 Å². The maximum absolute atomic E-state index is 13.0. The Labute approximate surface area is 134 Å². The number of carboxylic acid groups (broad SMARTS) is 1. The van der Waals surface area contributed by atoms with E-state index in [0.29, 0.717) is 0 Å². The lowest BCUT2D eigenvalue weighted by atomic mass is 10.0. The molecule has 6 nitrogen and oxygen atoms in total. The summed E-state index contributed by atoms with van der Waals surface area (Å²) in [6.45, 7) is 3.64. The number of pyridine rings is 1. The minimum absolute atomic E-state index is 0.101. The van der Waals surface area contributed by atoms with Gasteiger partial charge in [-0.15, -0.1) is 0 Å². The van der Waals surface area contributed by atoms with E-state index in [1.54, 1.807) is 0 Å². The topological polar surface area (TPSA) is 87.6 Å². The Morgan fingerprint density at radius 3 is 2.22 bits per heavy atom. The number of hydrogen-bond donors (Lipinski definition) is 1. The SMILES string of the molecule is C[C@H]1c2ccccc2[C@H](C)N1S(=O)(=O)c1cc(C(=O)O)ccn1. The second-order valence-corrected chi connectivity index (χ2v) is 7.29. The molecule has 1 N–H and O–H groups in total. The molecule has 0 amide bonds. The summed E-state index contributed by atoms with van der Waals surface area (Å²) in [5, 5.41) is 8.80. The molecular weight excluding hydrogens is 316 g/mol. The highest BCUT2D eigenvalue weighted by Crippen LogP contribution is 2.44. The zero-order valence-electron chi connectivity index (χ0n) is 12.7. The minimum Gasteiger partial charge on any atom is -0.478 e. The zero-order valence-corrected chi connectivity index (χ0v) is 13.5. The molecule has 0 saturated carbocycles. The molecule has 0 spiro atoms. The third-order valence-electron chi connectivity index (χ3n) is 4.18. The molecule has 0 saturated heterocycles. The van der Waals surface area contributed by atoms with Gasteiger partial charge in [0.05, 0.1) is 5.56 Å². The molecule has 23 heavy (non-hydrogen) atoms. The van der Waals surface area contributed by atoms with Crippen LogP contribution >= 0.6 is 0 Å². The summed E-state index contributed by atoms with van der Waals surface area (Å²) < 4.78 is 27.3. The third-order valence-corrected chi connectivity index (χ3v) is 6.12. The molecule has 7 heteroatoms. The smallest absolute Gasteiger partial charge is 0.335 e. The molecule has 0 fully saturated rings. The Bertz CT molecular complexity index is 850. The van der Waals surface area contributed by atoms with Gasteiger partial charge in [-0.2, -0.15) is 4.31 Å². The van der Waals surface area contributed by atoms with Crippen molar-refractivity contribution >= 4 is 16.0 Å². The predicted octanol–water partition coefficient (Wildman–Crippen LogP) is 2.61. The summed E-state index contributed by atoms with van der Waals surface area (Å²) in [5.74, 6) is -1.19. The first-order valence-electron chi connectivity index (χ1n) is 7.15. The highest BCUT2D eigenvalue weighted by Gasteiger charge is 2.42. The van der Waals surface area contributed by atoms with Crippen molar-refractivity contribution in [3.63, 3.8) is 0 Å². The van der Waals surface area contributed by atoms with Gasteiger partial charge >= 0.3 is 5.97 Å². The average Bonchev–Trinajstić information content (AvgIpc) is 2.80. The normalized spacial score (nSPS) is 21.1. The van der Waals surface area contributed by atoms with E-state index in [4.69, 9.17) is 5.11 Å². The van der Waals surface area contributed by atoms with Crippen LogP contribution in [0.25, 0.3) is 0 Å². The lowest BCUT2D eigenvalue weighted by Gasteiger charge is -2.25. The van der Waals surface area contributed by atoms with E-state index in [-0.39, 0.29) is 22.7 Å². The molecule has 0 radical (unpaired) electrons. The van der Waals surface area contributed by atoms with E-state index < -0.39 is 16.0 Å². The van der Waals surface area contributed by atoms with Gasteiger partial charge in [0, 0.05) is 18.3 Å².